The standard InChI is InChI=1S/C34H42O11/c1-9-17(2)29(38)44-27-25-28(42-18(3)35)33-20(32(7,34(25,39)45-33)21(30(27,4)5)14-23(36)40-8)10-12-31(6)22(33)15-24(37)43-26(31)19-11-13-41-16-19/h9,11,13,15-16,20-21,25-28,39H,10,12,14H2,1-8H3. The lowest BCUT2D eigenvalue weighted by Crippen LogP contribution is -2.76. The average molecular weight is 627 g/mol. The first-order chi connectivity index (χ1) is 21.0. The topological polar surface area (TPSA) is 148 Å². The number of methoxy groups -OCH3 is 1. The van der Waals surface area contributed by atoms with Gasteiger partial charge in [0.05, 0.1) is 25.6 Å². The molecule has 0 radical (unpaired) electrons. The maximum atomic E-state index is 13.4. The molecule has 11 heteroatoms. The van der Waals surface area contributed by atoms with E-state index < -0.39 is 87.6 Å². The van der Waals surface area contributed by atoms with Crippen molar-refractivity contribution in [3.05, 3.63) is 47.5 Å². The highest BCUT2D eigenvalue weighted by atomic mass is 16.7. The minimum absolute atomic E-state index is 0.0874. The number of allylic oxidation sites excluding steroid dienone is 1. The van der Waals surface area contributed by atoms with Crippen molar-refractivity contribution in [1.29, 1.82) is 0 Å². The van der Waals surface area contributed by atoms with Gasteiger partial charge in [-0.05, 0) is 44.2 Å². The average Bonchev–Trinajstić information content (AvgIpc) is 3.64. The molecular weight excluding hydrogens is 584 g/mol. The molecule has 1 aromatic heterocycles. The Morgan fingerprint density at radius 3 is 2.42 bits per heavy atom. The van der Waals surface area contributed by atoms with Crippen molar-refractivity contribution in [2.24, 2.45) is 34.0 Å². The van der Waals surface area contributed by atoms with Crippen LogP contribution in [-0.4, -0.2) is 59.7 Å². The molecule has 5 aliphatic rings. The molecule has 0 amide bonds. The summed E-state index contributed by atoms with van der Waals surface area (Å²) in [5.74, 6) is -6.52. The summed E-state index contributed by atoms with van der Waals surface area (Å²) in [6, 6.07) is 1.74. The second-order valence-electron chi connectivity index (χ2n) is 14.3. The Kier molecular flexibility index (Phi) is 7.03. The van der Waals surface area contributed by atoms with E-state index in [1.807, 2.05) is 27.7 Å². The Labute approximate surface area is 262 Å². The number of ether oxygens (including phenoxy) is 5. The van der Waals surface area contributed by atoms with Gasteiger partial charge in [0.2, 0.25) is 0 Å². The second kappa shape index (κ2) is 10.0. The molecule has 1 aromatic rings. The monoisotopic (exact) mass is 626 g/mol. The molecule has 2 saturated heterocycles. The number of esters is 4. The summed E-state index contributed by atoms with van der Waals surface area (Å²) in [5.41, 5.74) is -2.85. The summed E-state index contributed by atoms with van der Waals surface area (Å²) >= 11 is 0. The molecular formula is C34H42O11. The molecule has 2 bridgehead atoms. The summed E-state index contributed by atoms with van der Waals surface area (Å²) in [6.07, 6.45) is 4.06. The van der Waals surface area contributed by atoms with Crippen LogP contribution >= 0.6 is 0 Å². The maximum absolute atomic E-state index is 13.4. The predicted molar refractivity (Wildman–Crippen MR) is 156 cm³/mol. The van der Waals surface area contributed by atoms with Crippen LogP contribution in [0.5, 0.6) is 0 Å². The molecule has 0 aromatic carbocycles. The first-order valence-corrected chi connectivity index (χ1v) is 15.5. The van der Waals surface area contributed by atoms with Crippen LogP contribution in [0.1, 0.15) is 79.4 Å². The maximum Gasteiger partial charge on any atom is 0.333 e. The molecule has 10 atom stereocenters. The van der Waals surface area contributed by atoms with Gasteiger partial charge in [0.1, 0.15) is 23.9 Å². The lowest BCUT2D eigenvalue weighted by molar-refractivity contribution is -0.325. The number of carbonyl (C=O) groups excluding carboxylic acids is 4. The fraction of sp³-hybridized carbons (Fsp3) is 0.647. The van der Waals surface area contributed by atoms with Crippen molar-refractivity contribution in [2.75, 3.05) is 7.11 Å². The van der Waals surface area contributed by atoms with E-state index in [9.17, 15) is 24.3 Å². The van der Waals surface area contributed by atoms with Crippen molar-refractivity contribution in [1.82, 2.24) is 0 Å². The molecule has 45 heavy (non-hydrogen) atoms. The van der Waals surface area contributed by atoms with Crippen LogP contribution in [0, 0.1) is 34.0 Å². The number of aliphatic hydroxyl groups is 1. The smallest absolute Gasteiger partial charge is 0.333 e. The Bertz CT molecular complexity index is 1510. The Hall–Kier alpha value is -3.44. The van der Waals surface area contributed by atoms with Gasteiger partial charge in [0.25, 0.3) is 0 Å². The van der Waals surface area contributed by atoms with Crippen molar-refractivity contribution in [2.45, 2.75) is 97.4 Å². The minimum Gasteiger partial charge on any atom is -0.472 e. The van der Waals surface area contributed by atoms with Gasteiger partial charge in [0, 0.05) is 52.7 Å². The van der Waals surface area contributed by atoms with Gasteiger partial charge >= 0.3 is 23.9 Å². The van der Waals surface area contributed by atoms with Crippen LogP contribution in [0.4, 0.5) is 0 Å². The number of cyclic esters (lactones) is 1. The third-order valence-corrected chi connectivity index (χ3v) is 12.0. The van der Waals surface area contributed by atoms with Gasteiger partial charge in [0.15, 0.2) is 5.79 Å². The van der Waals surface area contributed by atoms with Crippen LogP contribution in [0.3, 0.4) is 0 Å². The molecule has 6 rings (SSSR count). The van der Waals surface area contributed by atoms with Gasteiger partial charge in [-0.2, -0.15) is 0 Å². The molecule has 1 N–H and O–H groups in total. The molecule has 3 aliphatic heterocycles. The number of hydrogen-bond donors (Lipinski definition) is 1. The fourth-order valence-corrected chi connectivity index (χ4v) is 9.94. The van der Waals surface area contributed by atoms with Gasteiger partial charge in [-0.1, -0.05) is 33.8 Å². The third kappa shape index (κ3) is 3.89. The zero-order valence-corrected chi connectivity index (χ0v) is 27.0. The Morgan fingerprint density at radius 1 is 1.11 bits per heavy atom. The fourth-order valence-electron chi connectivity index (χ4n) is 9.94. The summed E-state index contributed by atoms with van der Waals surface area (Å²) in [5, 5.41) is 13.0. The molecule has 1 spiro atoms. The quantitative estimate of drug-likeness (QED) is 0.273. The molecule has 244 valence electrons. The van der Waals surface area contributed by atoms with Crippen molar-refractivity contribution in [3.8, 4) is 0 Å². The van der Waals surface area contributed by atoms with Crippen LogP contribution in [0.15, 0.2) is 46.3 Å². The Balaban J connectivity index is 1.62. The second-order valence-corrected chi connectivity index (χ2v) is 14.3. The van der Waals surface area contributed by atoms with E-state index in [0.717, 1.165) is 0 Å². The van der Waals surface area contributed by atoms with Crippen molar-refractivity contribution >= 4 is 23.9 Å². The summed E-state index contributed by atoms with van der Waals surface area (Å²) in [7, 11) is 1.31. The number of furan rings is 1. The number of carbonyl (C=O) groups is 4. The zero-order valence-electron chi connectivity index (χ0n) is 27.0. The lowest BCUT2D eigenvalue weighted by Gasteiger charge is -2.66. The van der Waals surface area contributed by atoms with E-state index >= 15 is 0 Å². The van der Waals surface area contributed by atoms with Gasteiger partial charge < -0.3 is 33.2 Å². The molecule has 4 fully saturated rings. The van der Waals surface area contributed by atoms with Crippen LogP contribution in [0.25, 0.3) is 0 Å². The van der Waals surface area contributed by atoms with Crippen LogP contribution in [0.2, 0.25) is 0 Å². The largest absolute Gasteiger partial charge is 0.472 e. The predicted octanol–water partition coefficient (Wildman–Crippen LogP) is 4.34. The van der Waals surface area contributed by atoms with Gasteiger partial charge in [-0.3, -0.25) is 9.59 Å². The highest BCUT2D eigenvalue weighted by Crippen LogP contribution is 2.81. The number of hydrogen-bond acceptors (Lipinski definition) is 11. The van der Waals surface area contributed by atoms with Crippen molar-refractivity contribution < 1.29 is 52.4 Å². The van der Waals surface area contributed by atoms with Crippen LogP contribution in [-0.2, 0) is 42.9 Å². The molecule has 4 heterocycles. The third-order valence-electron chi connectivity index (χ3n) is 12.0. The van der Waals surface area contributed by atoms with E-state index in [0.29, 0.717) is 29.6 Å². The normalized spacial score (nSPS) is 42.6. The molecule has 10 unspecified atom stereocenters. The highest BCUT2D eigenvalue weighted by molar-refractivity contribution is 5.88. The summed E-state index contributed by atoms with van der Waals surface area (Å²) in [4.78, 5) is 52.6. The number of fused-ring (bicyclic) bond motifs is 2. The molecule has 2 saturated carbocycles. The molecule has 2 aliphatic carbocycles. The Morgan fingerprint density at radius 2 is 1.82 bits per heavy atom. The van der Waals surface area contributed by atoms with Gasteiger partial charge in [-0.25, -0.2) is 9.59 Å². The summed E-state index contributed by atoms with van der Waals surface area (Å²) in [6.45, 7) is 12.3. The SMILES string of the molecule is CC=C(C)C(=O)OC1C2C(OC(C)=O)C34OC2(O)C(C)(C(CC(=O)OC)C1(C)C)C3CCC1(C)C4=CC(=O)OC1c1ccoc1. The zero-order chi connectivity index (χ0) is 32.9. The summed E-state index contributed by atoms with van der Waals surface area (Å²) < 4.78 is 35.7. The van der Waals surface area contributed by atoms with E-state index in [-0.39, 0.29) is 6.42 Å². The molecule has 11 nitrogen and oxygen atoms in total. The first-order valence-electron chi connectivity index (χ1n) is 15.5. The van der Waals surface area contributed by atoms with E-state index in [1.54, 1.807) is 26.0 Å². The van der Waals surface area contributed by atoms with Crippen molar-refractivity contribution in [3.63, 3.8) is 0 Å². The van der Waals surface area contributed by atoms with E-state index in [1.165, 1.54) is 32.6 Å². The van der Waals surface area contributed by atoms with E-state index in [4.69, 9.17) is 28.1 Å². The van der Waals surface area contributed by atoms with E-state index in [2.05, 4.69) is 0 Å². The van der Waals surface area contributed by atoms with Gasteiger partial charge in [-0.15, -0.1) is 0 Å². The first kappa shape index (κ1) is 31.5. The number of rotatable bonds is 6. The minimum atomic E-state index is -2.03. The van der Waals surface area contributed by atoms with Crippen LogP contribution < -0.4 is 0 Å². The lowest BCUT2D eigenvalue weighted by atomic mass is 9.37. The highest BCUT2D eigenvalue weighted by Gasteiger charge is 2.90.